The smallest absolute Gasteiger partial charge is 0.119 e. The van der Waals surface area contributed by atoms with Crippen molar-refractivity contribution in [2.24, 2.45) is 0 Å². The van der Waals surface area contributed by atoms with E-state index < -0.39 is 0 Å². The molecule has 0 spiro atoms. The molecule has 5 nitrogen and oxygen atoms in total. The maximum atomic E-state index is 5.44. The van der Waals surface area contributed by atoms with E-state index in [9.17, 15) is 0 Å². The van der Waals surface area contributed by atoms with Crippen molar-refractivity contribution >= 4 is 0 Å². The van der Waals surface area contributed by atoms with E-state index in [-0.39, 0.29) is 17.7 Å². The lowest BCUT2D eigenvalue weighted by Gasteiger charge is -2.42. The van der Waals surface area contributed by atoms with Crippen molar-refractivity contribution in [3.63, 3.8) is 0 Å². The summed E-state index contributed by atoms with van der Waals surface area (Å²) in [6.45, 7) is 5.51. The van der Waals surface area contributed by atoms with Crippen molar-refractivity contribution in [1.29, 1.82) is 0 Å². The van der Waals surface area contributed by atoms with Gasteiger partial charge in [0.15, 0.2) is 0 Å². The van der Waals surface area contributed by atoms with E-state index in [4.69, 9.17) is 4.74 Å². The molecule has 0 saturated carbocycles. The maximum absolute atomic E-state index is 5.44. The van der Waals surface area contributed by atoms with Crippen molar-refractivity contribution in [3.8, 4) is 5.75 Å². The van der Waals surface area contributed by atoms with Crippen molar-refractivity contribution in [1.82, 2.24) is 21.1 Å². The largest absolute Gasteiger partial charge is 0.497 e. The van der Waals surface area contributed by atoms with Crippen LogP contribution >= 0.6 is 0 Å². The second kappa shape index (κ2) is 7.13. The second-order valence-electron chi connectivity index (χ2n) is 7.05. The van der Waals surface area contributed by atoms with Crippen LogP contribution in [0.5, 0.6) is 5.75 Å². The highest BCUT2D eigenvalue weighted by molar-refractivity contribution is 5.42. The molecular weight excluding hydrogens is 300 g/mol. The van der Waals surface area contributed by atoms with Crippen LogP contribution in [0.25, 0.3) is 0 Å². The molecule has 3 atom stereocenters. The molecule has 1 aromatic carbocycles. The normalized spacial score (nSPS) is 28.9. The summed E-state index contributed by atoms with van der Waals surface area (Å²) >= 11 is 0. The third-order valence-corrected chi connectivity index (χ3v) is 5.04. The molecule has 1 unspecified atom stereocenters. The molecule has 0 radical (unpaired) electrons. The summed E-state index contributed by atoms with van der Waals surface area (Å²) in [6.07, 6.45) is 8.00. The Labute approximate surface area is 145 Å². The van der Waals surface area contributed by atoms with Crippen molar-refractivity contribution in [2.45, 2.75) is 50.9 Å². The Morgan fingerprint density at radius 1 is 1.42 bits per heavy atom. The molecule has 3 rings (SSSR count). The van der Waals surface area contributed by atoms with Crippen LogP contribution in [0.3, 0.4) is 0 Å². The van der Waals surface area contributed by atoms with Crippen LogP contribution in [-0.4, -0.2) is 37.4 Å². The van der Waals surface area contributed by atoms with Crippen LogP contribution in [0.4, 0.5) is 0 Å². The molecule has 1 aromatic rings. The lowest BCUT2D eigenvalue weighted by atomic mass is 9.81. The molecule has 0 saturated heterocycles. The Hall–Kier alpha value is -1.56. The minimum atomic E-state index is -0.150. The molecule has 3 N–H and O–H groups in total. The van der Waals surface area contributed by atoms with Gasteiger partial charge in [0, 0.05) is 19.7 Å². The van der Waals surface area contributed by atoms with E-state index in [1.165, 1.54) is 24.0 Å². The number of methoxy groups -OCH3 is 1. The van der Waals surface area contributed by atoms with E-state index in [1.807, 2.05) is 12.1 Å². The van der Waals surface area contributed by atoms with Gasteiger partial charge in [0.25, 0.3) is 0 Å². The van der Waals surface area contributed by atoms with Gasteiger partial charge in [-0.15, -0.1) is 0 Å². The molecule has 0 aromatic heterocycles. The van der Waals surface area contributed by atoms with Gasteiger partial charge in [0.1, 0.15) is 5.75 Å². The quantitative estimate of drug-likeness (QED) is 0.699. The number of unbranched alkanes of at least 4 members (excludes halogenated alkanes) is 1. The Kier molecular flexibility index (Phi) is 5.13. The lowest BCUT2D eigenvalue weighted by Crippen LogP contribution is -2.59. The maximum Gasteiger partial charge on any atom is 0.119 e. The first-order valence-electron chi connectivity index (χ1n) is 8.92. The van der Waals surface area contributed by atoms with E-state index in [0.29, 0.717) is 0 Å². The van der Waals surface area contributed by atoms with E-state index in [2.05, 4.69) is 60.4 Å². The number of ether oxygens (including phenoxy) is 1. The number of hydrogen-bond acceptors (Lipinski definition) is 5. The van der Waals surface area contributed by atoms with Gasteiger partial charge in [-0.25, -0.2) is 5.43 Å². The van der Waals surface area contributed by atoms with Gasteiger partial charge in [0.2, 0.25) is 0 Å². The molecular formula is C19H30N4O. The molecule has 0 fully saturated rings. The number of hydrazine groups is 1. The van der Waals surface area contributed by atoms with Crippen molar-refractivity contribution < 1.29 is 4.74 Å². The predicted molar refractivity (Wildman–Crippen MR) is 97.7 cm³/mol. The van der Waals surface area contributed by atoms with Gasteiger partial charge < -0.3 is 15.1 Å². The summed E-state index contributed by atoms with van der Waals surface area (Å²) in [6, 6.07) is 6.65. The molecule has 5 heteroatoms. The number of nitrogens with zero attached hydrogens (tertiary/aromatic N) is 1. The van der Waals surface area contributed by atoms with E-state index >= 15 is 0 Å². The van der Waals surface area contributed by atoms with Gasteiger partial charge in [-0.05, 0) is 49.2 Å². The number of rotatable bonds is 6. The number of benzene rings is 1. The topological polar surface area (TPSA) is 48.6 Å². The fourth-order valence-corrected chi connectivity index (χ4v) is 3.70. The van der Waals surface area contributed by atoms with Crippen LogP contribution < -0.4 is 20.8 Å². The summed E-state index contributed by atoms with van der Waals surface area (Å²) in [5, 5.41) is 9.51. The van der Waals surface area contributed by atoms with Crippen molar-refractivity contribution in [2.75, 3.05) is 20.7 Å². The first kappa shape index (κ1) is 17.3. The summed E-state index contributed by atoms with van der Waals surface area (Å²) < 4.78 is 5.44. The monoisotopic (exact) mass is 330 g/mol. The first-order valence-corrected chi connectivity index (χ1v) is 8.92. The average molecular weight is 330 g/mol. The fourth-order valence-electron chi connectivity index (χ4n) is 3.70. The summed E-state index contributed by atoms with van der Waals surface area (Å²) in [7, 11) is 3.77. The highest BCUT2D eigenvalue weighted by Gasteiger charge is 2.41. The second-order valence-corrected chi connectivity index (χ2v) is 7.05. The van der Waals surface area contributed by atoms with Gasteiger partial charge >= 0.3 is 0 Å². The zero-order valence-corrected chi connectivity index (χ0v) is 15.2. The fraction of sp³-hybridized carbons (Fsp3) is 0.579. The van der Waals surface area contributed by atoms with E-state index in [0.717, 1.165) is 18.7 Å². The minimum Gasteiger partial charge on any atom is -0.497 e. The zero-order chi connectivity index (χ0) is 17.2. The Morgan fingerprint density at radius 2 is 2.25 bits per heavy atom. The molecule has 132 valence electrons. The number of nitrogens with one attached hydrogen (secondary N) is 3. The Balaban J connectivity index is 1.88. The van der Waals surface area contributed by atoms with Crippen LogP contribution in [0.15, 0.2) is 30.5 Å². The Morgan fingerprint density at radius 3 is 2.92 bits per heavy atom. The van der Waals surface area contributed by atoms with Crippen LogP contribution in [0.2, 0.25) is 0 Å². The van der Waals surface area contributed by atoms with Crippen LogP contribution in [-0.2, 0) is 6.42 Å². The SMILES string of the molecule is CCCCN[C@H]1Cc2cc(OC)ccc2[C@H](C2(C)C=CN(C)N2)N1. The number of fused-ring (bicyclic) bond motifs is 1. The third-order valence-electron chi connectivity index (χ3n) is 5.04. The van der Waals surface area contributed by atoms with Gasteiger partial charge in [-0.2, -0.15) is 0 Å². The predicted octanol–water partition coefficient (Wildman–Crippen LogP) is 2.32. The highest BCUT2D eigenvalue weighted by atomic mass is 16.5. The molecule has 2 heterocycles. The highest BCUT2D eigenvalue weighted by Crippen LogP contribution is 2.37. The average Bonchev–Trinajstić information content (AvgIpc) is 2.94. The molecule has 2 aliphatic heterocycles. The zero-order valence-electron chi connectivity index (χ0n) is 15.2. The summed E-state index contributed by atoms with van der Waals surface area (Å²) in [5.74, 6) is 0.930. The van der Waals surface area contributed by atoms with Crippen LogP contribution in [0, 0.1) is 0 Å². The van der Waals surface area contributed by atoms with Gasteiger partial charge in [-0.1, -0.05) is 19.4 Å². The number of hydrogen-bond donors (Lipinski definition) is 3. The third kappa shape index (κ3) is 3.43. The minimum absolute atomic E-state index is 0.150. The van der Waals surface area contributed by atoms with Gasteiger partial charge in [0.05, 0.1) is 24.9 Å². The Bertz CT molecular complexity index is 603. The van der Waals surface area contributed by atoms with E-state index in [1.54, 1.807) is 7.11 Å². The summed E-state index contributed by atoms with van der Waals surface area (Å²) in [5.41, 5.74) is 6.11. The molecule has 24 heavy (non-hydrogen) atoms. The summed E-state index contributed by atoms with van der Waals surface area (Å²) in [4.78, 5) is 0. The van der Waals surface area contributed by atoms with Gasteiger partial charge in [-0.3, -0.25) is 5.32 Å². The molecule has 0 amide bonds. The van der Waals surface area contributed by atoms with Crippen molar-refractivity contribution in [3.05, 3.63) is 41.6 Å². The molecule has 0 aliphatic carbocycles. The lowest BCUT2D eigenvalue weighted by molar-refractivity contribution is 0.192. The molecule has 0 bridgehead atoms. The van der Waals surface area contributed by atoms with Crippen LogP contribution in [0.1, 0.15) is 43.9 Å². The first-order chi connectivity index (χ1) is 11.6. The standard InChI is InChI=1S/C19H30N4O/c1-5-6-10-20-17-13-14-12-15(24-4)7-8-16(14)18(21-17)19(2)9-11-23(3)22-19/h7-9,11-12,17-18,20-22H,5-6,10,13H2,1-4H3/t17-,18-,19?/m1/s1. The molecule has 2 aliphatic rings.